The molecule has 0 bridgehead atoms. The molecule has 3 rings (SSSR count). The summed E-state index contributed by atoms with van der Waals surface area (Å²) in [5, 5.41) is 20.6. The Balaban J connectivity index is 1.59. The monoisotopic (exact) mass is 395 g/mol. The van der Waals surface area contributed by atoms with Crippen LogP contribution in [0.2, 0.25) is 0 Å². The van der Waals surface area contributed by atoms with Crippen LogP contribution in [0.25, 0.3) is 0 Å². The van der Waals surface area contributed by atoms with Crippen LogP contribution in [0.4, 0.5) is 0 Å². The maximum atomic E-state index is 11.8. The Morgan fingerprint density at radius 2 is 1.92 bits per heavy atom. The number of primary sulfonamides is 1. The number of thiophene rings is 1. The van der Waals surface area contributed by atoms with E-state index in [9.17, 15) is 13.5 Å². The second-order valence-electron chi connectivity index (χ2n) is 6.85. The van der Waals surface area contributed by atoms with Crippen LogP contribution in [-0.2, 0) is 16.6 Å². The average Bonchev–Trinajstić information content (AvgIpc) is 3.12. The molecular formula is C18H25N3O3S2. The lowest BCUT2D eigenvalue weighted by atomic mass is 9.76. The molecule has 2 aromatic heterocycles. The lowest BCUT2D eigenvalue weighted by molar-refractivity contribution is 0.182. The summed E-state index contributed by atoms with van der Waals surface area (Å²) in [5.74, 6) is 0.102. The van der Waals surface area contributed by atoms with Crippen LogP contribution in [0.5, 0.6) is 0 Å². The SMILES string of the molecule is NS(=O)(=O)c1sccc1[C@@H](CO)C1CCC(NCc2ccncc2)CC1. The van der Waals surface area contributed by atoms with Crippen molar-refractivity contribution in [3.63, 3.8) is 0 Å². The van der Waals surface area contributed by atoms with Crippen molar-refractivity contribution >= 4 is 21.4 Å². The molecule has 142 valence electrons. The third kappa shape index (κ3) is 4.69. The maximum absolute atomic E-state index is 11.8. The van der Waals surface area contributed by atoms with Crippen LogP contribution in [0.1, 0.15) is 42.7 Å². The van der Waals surface area contributed by atoms with Gasteiger partial charge >= 0.3 is 0 Å². The van der Waals surface area contributed by atoms with E-state index < -0.39 is 10.0 Å². The molecule has 2 heterocycles. The summed E-state index contributed by atoms with van der Waals surface area (Å²) in [4.78, 5) is 4.03. The number of aliphatic hydroxyl groups excluding tert-OH is 1. The van der Waals surface area contributed by atoms with Gasteiger partial charge in [-0.2, -0.15) is 0 Å². The lowest BCUT2D eigenvalue weighted by Gasteiger charge is -2.33. The molecule has 0 amide bonds. The highest BCUT2D eigenvalue weighted by Gasteiger charge is 2.31. The van der Waals surface area contributed by atoms with Gasteiger partial charge in [0.25, 0.3) is 0 Å². The molecule has 0 aliphatic heterocycles. The molecule has 26 heavy (non-hydrogen) atoms. The quantitative estimate of drug-likeness (QED) is 0.667. The van der Waals surface area contributed by atoms with E-state index >= 15 is 0 Å². The zero-order valence-corrected chi connectivity index (χ0v) is 16.2. The number of nitrogens with two attached hydrogens (primary N) is 1. The zero-order chi connectivity index (χ0) is 18.6. The third-order valence-corrected chi connectivity index (χ3v) is 7.66. The molecule has 2 aromatic rings. The van der Waals surface area contributed by atoms with Crippen LogP contribution < -0.4 is 10.5 Å². The molecule has 6 nitrogen and oxygen atoms in total. The molecule has 0 radical (unpaired) electrons. The Bertz CT molecular complexity index is 800. The van der Waals surface area contributed by atoms with Gasteiger partial charge in [-0.05, 0) is 66.3 Å². The number of nitrogens with one attached hydrogen (secondary N) is 1. The smallest absolute Gasteiger partial charge is 0.247 e. The number of rotatable bonds is 7. The minimum atomic E-state index is -3.74. The number of aliphatic hydroxyl groups is 1. The largest absolute Gasteiger partial charge is 0.396 e. The van der Waals surface area contributed by atoms with E-state index in [4.69, 9.17) is 5.14 Å². The average molecular weight is 396 g/mol. The van der Waals surface area contributed by atoms with Gasteiger partial charge in [0.05, 0.1) is 6.61 Å². The van der Waals surface area contributed by atoms with Gasteiger partial charge in [0.1, 0.15) is 4.21 Å². The van der Waals surface area contributed by atoms with Crippen molar-refractivity contribution in [3.05, 3.63) is 47.1 Å². The molecule has 0 spiro atoms. The number of hydrogen-bond acceptors (Lipinski definition) is 6. The predicted molar refractivity (Wildman–Crippen MR) is 102 cm³/mol. The first-order valence-corrected chi connectivity index (χ1v) is 11.2. The van der Waals surface area contributed by atoms with Gasteiger partial charge in [0.15, 0.2) is 0 Å². The first-order valence-electron chi connectivity index (χ1n) is 8.82. The summed E-state index contributed by atoms with van der Waals surface area (Å²) in [6, 6.07) is 6.25. The van der Waals surface area contributed by atoms with Crippen molar-refractivity contribution in [2.45, 2.75) is 48.4 Å². The van der Waals surface area contributed by atoms with Gasteiger partial charge in [-0.1, -0.05) is 0 Å². The normalized spacial score (nSPS) is 22.2. The fraction of sp³-hybridized carbons (Fsp3) is 0.500. The van der Waals surface area contributed by atoms with Gasteiger partial charge in [-0.15, -0.1) is 11.3 Å². The highest BCUT2D eigenvalue weighted by molar-refractivity contribution is 7.91. The number of aromatic nitrogens is 1. The number of nitrogens with zero attached hydrogens (tertiary/aromatic N) is 1. The van der Waals surface area contributed by atoms with Gasteiger partial charge in [-0.25, -0.2) is 13.6 Å². The molecule has 1 aliphatic carbocycles. The van der Waals surface area contributed by atoms with Crippen LogP contribution in [0.15, 0.2) is 40.2 Å². The third-order valence-electron chi connectivity index (χ3n) is 5.20. The zero-order valence-electron chi connectivity index (χ0n) is 14.5. The van der Waals surface area contributed by atoms with E-state index in [0.29, 0.717) is 11.6 Å². The summed E-state index contributed by atoms with van der Waals surface area (Å²) in [5.41, 5.74) is 1.89. The van der Waals surface area contributed by atoms with Crippen LogP contribution in [0, 0.1) is 5.92 Å². The summed E-state index contributed by atoms with van der Waals surface area (Å²) in [6.07, 6.45) is 7.54. The van der Waals surface area contributed by atoms with Crippen molar-refractivity contribution in [2.75, 3.05) is 6.61 Å². The fourth-order valence-corrected chi connectivity index (χ4v) is 5.75. The van der Waals surface area contributed by atoms with Crippen LogP contribution >= 0.6 is 11.3 Å². The molecule has 8 heteroatoms. The van der Waals surface area contributed by atoms with Crippen molar-refractivity contribution in [1.29, 1.82) is 0 Å². The second kappa shape index (κ2) is 8.58. The highest BCUT2D eigenvalue weighted by Crippen LogP contribution is 2.39. The Morgan fingerprint density at radius 1 is 1.23 bits per heavy atom. The number of hydrogen-bond donors (Lipinski definition) is 3. The Hall–Kier alpha value is -1.32. The van der Waals surface area contributed by atoms with E-state index in [2.05, 4.69) is 10.3 Å². The summed E-state index contributed by atoms with van der Waals surface area (Å²) in [7, 11) is -3.74. The van der Waals surface area contributed by atoms with Crippen LogP contribution in [-0.4, -0.2) is 31.2 Å². The van der Waals surface area contributed by atoms with Gasteiger partial charge < -0.3 is 10.4 Å². The predicted octanol–water partition coefficient (Wildman–Crippen LogP) is 2.21. The number of sulfonamides is 1. The van der Waals surface area contributed by atoms with E-state index in [0.717, 1.165) is 43.6 Å². The first kappa shape index (κ1) is 19.4. The maximum Gasteiger partial charge on any atom is 0.247 e. The molecule has 4 N–H and O–H groups in total. The highest BCUT2D eigenvalue weighted by atomic mass is 32.2. The Morgan fingerprint density at radius 3 is 2.54 bits per heavy atom. The van der Waals surface area contributed by atoms with Crippen molar-refractivity contribution in [3.8, 4) is 0 Å². The molecule has 0 saturated heterocycles. The Labute approximate surface area is 158 Å². The molecule has 1 atom stereocenters. The summed E-state index contributed by atoms with van der Waals surface area (Å²) in [6.45, 7) is 0.764. The standard InChI is InChI=1S/C18H25N3O3S2/c19-26(23,24)18-16(7-10-25-18)17(12-22)14-1-3-15(4-2-14)21-11-13-5-8-20-9-6-13/h5-10,14-15,17,21-22H,1-4,11-12H2,(H2,19,23,24)/t14?,15?,17-/m0/s1. The van der Waals surface area contributed by atoms with E-state index in [1.54, 1.807) is 23.8 Å². The van der Waals surface area contributed by atoms with E-state index in [1.165, 1.54) is 5.56 Å². The van der Waals surface area contributed by atoms with Crippen molar-refractivity contribution in [1.82, 2.24) is 10.3 Å². The lowest BCUT2D eigenvalue weighted by Crippen LogP contribution is -2.34. The number of pyridine rings is 1. The molecular weight excluding hydrogens is 370 g/mol. The van der Waals surface area contributed by atoms with Crippen molar-refractivity contribution in [2.24, 2.45) is 11.1 Å². The van der Waals surface area contributed by atoms with Crippen molar-refractivity contribution < 1.29 is 13.5 Å². The molecule has 1 fully saturated rings. The molecule has 1 saturated carbocycles. The van der Waals surface area contributed by atoms with Gasteiger partial charge in [-0.3, -0.25) is 4.98 Å². The molecule has 0 unspecified atom stereocenters. The minimum Gasteiger partial charge on any atom is -0.396 e. The fourth-order valence-electron chi connectivity index (χ4n) is 3.80. The van der Waals surface area contributed by atoms with Crippen LogP contribution in [0.3, 0.4) is 0 Å². The summed E-state index contributed by atoms with van der Waals surface area (Å²) < 4.78 is 23.8. The van der Waals surface area contributed by atoms with Gasteiger partial charge in [0.2, 0.25) is 10.0 Å². The second-order valence-corrected chi connectivity index (χ2v) is 9.52. The van der Waals surface area contributed by atoms with E-state index in [1.807, 2.05) is 12.1 Å². The van der Waals surface area contributed by atoms with E-state index in [-0.39, 0.29) is 22.7 Å². The molecule has 1 aliphatic rings. The molecule has 0 aromatic carbocycles. The Kier molecular flexibility index (Phi) is 6.42. The summed E-state index contributed by atoms with van der Waals surface area (Å²) >= 11 is 1.13. The topological polar surface area (TPSA) is 105 Å². The first-order chi connectivity index (χ1) is 12.5. The minimum absolute atomic E-state index is 0.0565. The van der Waals surface area contributed by atoms with Gasteiger partial charge in [0, 0.05) is 30.9 Å².